The van der Waals surface area contributed by atoms with Crippen LogP contribution in [0.4, 0.5) is 0 Å². The molecule has 366 valence electrons. The summed E-state index contributed by atoms with van der Waals surface area (Å²) in [6, 6.07) is 25.8. The van der Waals surface area contributed by atoms with Gasteiger partial charge in [-0.25, -0.2) is 4.98 Å². The zero-order chi connectivity index (χ0) is 50.7. The number of carbonyl (C=O) groups is 5. The van der Waals surface area contributed by atoms with Crippen molar-refractivity contribution in [3.63, 3.8) is 0 Å². The van der Waals surface area contributed by atoms with Gasteiger partial charge in [0.25, 0.3) is 11.8 Å². The molecule has 1 aliphatic heterocycles. The molecular weight excluding hydrogens is 908 g/mol. The number of aromatic nitrogens is 2. The topological polar surface area (TPSA) is 197 Å². The summed E-state index contributed by atoms with van der Waals surface area (Å²) in [6.07, 6.45) is 4.53. The number of aryl methyl sites for hydroxylation is 1. The lowest BCUT2D eigenvalue weighted by atomic mass is 9.49. The number of nitriles is 1. The number of nitrogens with zero attached hydrogens (tertiary/aromatic N) is 4. The third-order valence-electron chi connectivity index (χ3n) is 13.4. The number of hydrogen-bond donors (Lipinski definition) is 4. The number of likely N-dealkylation sites (tertiary alicyclic amines) is 1. The molecule has 16 heteroatoms. The van der Waals surface area contributed by atoms with Crippen molar-refractivity contribution >= 4 is 41.1 Å². The van der Waals surface area contributed by atoms with Crippen LogP contribution in [0, 0.1) is 34.5 Å². The monoisotopic (exact) mass is 968 g/mol. The normalized spacial score (nSPS) is 18.8. The second-order valence-electron chi connectivity index (χ2n) is 20.4. The Morgan fingerprint density at radius 2 is 1.46 bits per heavy atom. The van der Waals surface area contributed by atoms with Gasteiger partial charge in [0, 0.05) is 58.7 Å². The number of carbonyl (C=O) groups excluding carboxylic acids is 5. The lowest BCUT2D eigenvalue weighted by Gasteiger charge is -2.63. The summed E-state index contributed by atoms with van der Waals surface area (Å²) in [5.41, 5.74) is 1.42. The van der Waals surface area contributed by atoms with E-state index in [0.29, 0.717) is 52.8 Å². The van der Waals surface area contributed by atoms with E-state index in [9.17, 15) is 29.2 Å². The molecule has 1 aromatic heterocycles. The number of imidazole rings is 1. The van der Waals surface area contributed by atoms with Gasteiger partial charge in [0.05, 0.1) is 23.2 Å². The minimum atomic E-state index is -0.959. The van der Waals surface area contributed by atoms with Gasteiger partial charge in [0.1, 0.15) is 47.3 Å². The van der Waals surface area contributed by atoms with Crippen LogP contribution in [0.25, 0.3) is 5.69 Å². The summed E-state index contributed by atoms with van der Waals surface area (Å²) < 4.78 is 14.3. The van der Waals surface area contributed by atoms with Crippen LogP contribution in [0.15, 0.2) is 103 Å². The highest BCUT2D eigenvalue weighted by molar-refractivity contribution is 6.31. The lowest BCUT2D eigenvalue weighted by Crippen LogP contribution is -2.74. The molecule has 70 heavy (non-hydrogen) atoms. The second-order valence-corrected chi connectivity index (χ2v) is 20.8. The Hall–Kier alpha value is -7.18. The molecule has 2 heterocycles. The van der Waals surface area contributed by atoms with Gasteiger partial charge in [-0.05, 0) is 110 Å². The standard InChI is InChI=1S/C54H61ClN8O7/c1-32(34-12-19-38(20-13-34)62-28-26-57-33(62)2)59-48(67)43-11-10-27-63(43)49(68)45(52(3,4)5)60-44(64)31-58-46(65)35-14-21-39(22-15-35)69-40-23-16-36(17-24-40)47(66)61-50-53(6,7)51(54(50,8)9)70-41-25-18-37(30-56)42(55)29-41/h12-26,28-29,32,43,45,50-51H,10-11,27,31H2,1-9H3,(H,58,65)(H,59,67)(H,60,64)(H,61,66)/t32-,43-,45?,50?,51?/m0/s1. The Kier molecular flexibility index (Phi) is 14.8. The lowest BCUT2D eigenvalue weighted by molar-refractivity contribution is -0.164. The van der Waals surface area contributed by atoms with Crippen molar-refractivity contribution in [1.82, 2.24) is 35.7 Å². The highest BCUT2D eigenvalue weighted by atomic mass is 35.5. The van der Waals surface area contributed by atoms with Crippen LogP contribution in [0.1, 0.15) is 112 Å². The van der Waals surface area contributed by atoms with E-state index in [1.807, 2.05) is 97.3 Å². The van der Waals surface area contributed by atoms with E-state index in [4.69, 9.17) is 21.1 Å². The first-order chi connectivity index (χ1) is 33.1. The van der Waals surface area contributed by atoms with E-state index in [1.54, 1.807) is 77.8 Å². The van der Waals surface area contributed by atoms with Gasteiger partial charge in [0.2, 0.25) is 17.7 Å². The van der Waals surface area contributed by atoms with Crippen molar-refractivity contribution in [1.29, 1.82) is 5.26 Å². The zero-order valence-corrected chi connectivity index (χ0v) is 41.8. The van der Waals surface area contributed by atoms with Crippen LogP contribution in [-0.2, 0) is 14.4 Å². The molecule has 0 bridgehead atoms. The summed E-state index contributed by atoms with van der Waals surface area (Å²) in [6.45, 7) is 17.5. The SMILES string of the molecule is Cc1nccn1-c1ccc([C@H](C)NC(=O)[C@@H]2CCCN2C(=O)C(NC(=O)CNC(=O)c2ccc(Oc3ccc(C(=O)NC4C(C)(C)C(Oc5ccc(C#N)c(Cl)c5)C4(C)C)cc3)cc2)C(C)(C)C)cc1. The van der Waals surface area contributed by atoms with Crippen LogP contribution in [0.2, 0.25) is 5.02 Å². The molecule has 5 aromatic rings. The summed E-state index contributed by atoms with van der Waals surface area (Å²) in [7, 11) is 0. The summed E-state index contributed by atoms with van der Waals surface area (Å²) >= 11 is 6.24. The molecule has 2 fully saturated rings. The maximum Gasteiger partial charge on any atom is 0.251 e. The Bertz CT molecular complexity index is 2780. The molecule has 5 amide bonds. The first kappa shape index (κ1) is 50.7. The third-order valence-corrected chi connectivity index (χ3v) is 13.7. The number of nitrogens with one attached hydrogen (secondary N) is 4. The van der Waals surface area contributed by atoms with Crippen molar-refractivity contribution in [3.05, 3.63) is 136 Å². The molecule has 4 aromatic carbocycles. The maximum atomic E-state index is 14.1. The quantitative estimate of drug-likeness (QED) is 0.0799. The van der Waals surface area contributed by atoms with Crippen molar-refractivity contribution in [3.8, 4) is 29.0 Å². The predicted octanol–water partition coefficient (Wildman–Crippen LogP) is 8.24. The molecule has 1 saturated carbocycles. The van der Waals surface area contributed by atoms with E-state index >= 15 is 0 Å². The van der Waals surface area contributed by atoms with Crippen LogP contribution in [-0.4, -0.2) is 81.3 Å². The zero-order valence-electron chi connectivity index (χ0n) is 41.1. The highest BCUT2D eigenvalue weighted by Crippen LogP contribution is 2.55. The van der Waals surface area contributed by atoms with Gasteiger partial charge in [-0.3, -0.25) is 24.0 Å². The Labute approximate surface area is 414 Å². The van der Waals surface area contributed by atoms with Gasteiger partial charge < -0.3 is 40.2 Å². The summed E-state index contributed by atoms with van der Waals surface area (Å²) in [5.74, 6) is 0.433. The van der Waals surface area contributed by atoms with Gasteiger partial charge in [-0.2, -0.15) is 5.26 Å². The molecule has 15 nitrogen and oxygen atoms in total. The Balaban J connectivity index is 0.875. The summed E-state index contributed by atoms with van der Waals surface area (Å²) in [4.78, 5) is 73.5. The molecule has 7 rings (SSSR count). The molecule has 3 atom stereocenters. The first-order valence-corrected chi connectivity index (χ1v) is 23.8. The van der Waals surface area contributed by atoms with Crippen molar-refractivity contribution in [2.45, 2.75) is 105 Å². The fourth-order valence-corrected chi connectivity index (χ4v) is 10.1. The van der Waals surface area contributed by atoms with Gasteiger partial charge in [0.15, 0.2) is 0 Å². The number of benzene rings is 4. The van der Waals surface area contributed by atoms with Gasteiger partial charge in [-0.15, -0.1) is 0 Å². The molecule has 2 aliphatic rings. The number of ether oxygens (including phenoxy) is 2. The number of amides is 5. The Morgan fingerprint density at radius 3 is 2.01 bits per heavy atom. The van der Waals surface area contributed by atoms with E-state index in [0.717, 1.165) is 17.1 Å². The van der Waals surface area contributed by atoms with E-state index in [-0.39, 0.29) is 48.0 Å². The fraction of sp³-hybridized carbons (Fsp3) is 0.389. The number of rotatable bonds is 15. The second kappa shape index (κ2) is 20.4. The van der Waals surface area contributed by atoms with Crippen LogP contribution >= 0.6 is 11.6 Å². The van der Waals surface area contributed by atoms with Crippen molar-refractivity contribution in [2.75, 3.05) is 13.1 Å². The fourth-order valence-electron chi connectivity index (χ4n) is 9.85. The Morgan fingerprint density at radius 1 is 0.857 bits per heavy atom. The van der Waals surface area contributed by atoms with E-state index < -0.39 is 40.1 Å². The average molecular weight is 970 g/mol. The minimum absolute atomic E-state index is 0.212. The molecule has 1 unspecified atom stereocenters. The summed E-state index contributed by atoms with van der Waals surface area (Å²) in [5, 5.41) is 21.3. The van der Waals surface area contributed by atoms with Crippen LogP contribution < -0.4 is 30.7 Å². The molecule has 0 spiro atoms. The smallest absolute Gasteiger partial charge is 0.251 e. The molecule has 1 aliphatic carbocycles. The number of hydrogen-bond acceptors (Lipinski definition) is 9. The van der Waals surface area contributed by atoms with Crippen LogP contribution in [0.3, 0.4) is 0 Å². The minimum Gasteiger partial charge on any atom is -0.489 e. The van der Waals surface area contributed by atoms with Crippen LogP contribution in [0.5, 0.6) is 17.2 Å². The maximum absolute atomic E-state index is 14.1. The van der Waals surface area contributed by atoms with Crippen molar-refractivity contribution in [2.24, 2.45) is 16.2 Å². The first-order valence-electron chi connectivity index (χ1n) is 23.4. The largest absolute Gasteiger partial charge is 0.489 e. The average Bonchev–Trinajstić information content (AvgIpc) is 4.00. The molecule has 0 radical (unpaired) electrons. The van der Waals surface area contributed by atoms with E-state index in [2.05, 4.69) is 32.3 Å². The van der Waals surface area contributed by atoms with Crippen molar-refractivity contribution < 1.29 is 33.4 Å². The third kappa shape index (κ3) is 11.0. The molecular formula is C54H61ClN8O7. The predicted molar refractivity (Wildman–Crippen MR) is 266 cm³/mol. The van der Waals surface area contributed by atoms with Gasteiger partial charge >= 0.3 is 0 Å². The number of halogens is 1. The highest BCUT2D eigenvalue weighted by Gasteiger charge is 2.64. The van der Waals surface area contributed by atoms with Gasteiger partial charge in [-0.1, -0.05) is 72.2 Å². The molecule has 4 N–H and O–H groups in total. The molecule has 1 saturated heterocycles. The van der Waals surface area contributed by atoms with E-state index in [1.165, 1.54) is 0 Å².